The highest BCUT2D eigenvalue weighted by molar-refractivity contribution is 7.45. The third-order valence-corrected chi connectivity index (χ3v) is 11.5. The molecule has 8 nitrogen and oxygen atoms in total. The molecule has 64 heavy (non-hydrogen) atoms. The molecule has 2 N–H and O–H groups in total. The minimum Gasteiger partial charge on any atom is -0.756 e. The number of hydrogen-bond donors (Lipinski definition) is 2. The summed E-state index contributed by atoms with van der Waals surface area (Å²) in [5.41, 5.74) is 0. The lowest BCUT2D eigenvalue weighted by atomic mass is 10.0. The number of aliphatic hydroxyl groups excluding tert-OH is 1. The molecule has 0 aromatic carbocycles. The van der Waals surface area contributed by atoms with E-state index in [4.69, 9.17) is 9.05 Å². The summed E-state index contributed by atoms with van der Waals surface area (Å²) in [4.78, 5) is 25.4. The molecule has 0 aliphatic carbocycles. The van der Waals surface area contributed by atoms with E-state index in [2.05, 4.69) is 129 Å². The van der Waals surface area contributed by atoms with E-state index in [1.54, 1.807) is 0 Å². The molecule has 1 amide bonds. The molecule has 0 aliphatic heterocycles. The van der Waals surface area contributed by atoms with Crippen LogP contribution in [0.3, 0.4) is 0 Å². The second kappa shape index (κ2) is 45.3. The molecular weight excluding hydrogens is 816 g/mol. The van der Waals surface area contributed by atoms with Crippen LogP contribution in [0.15, 0.2) is 109 Å². The number of carbonyl (C=O) groups is 1. The van der Waals surface area contributed by atoms with Crippen LogP contribution in [0.5, 0.6) is 0 Å². The highest BCUT2D eigenvalue weighted by Gasteiger charge is 2.24. The van der Waals surface area contributed by atoms with Crippen molar-refractivity contribution < 1.29 is 32.9 Å². The van der Waals surface area contributed by atoms with Crippen molar-refractivity contribution in [3.8, 4) is 0 Å². The molecule has 3 atom stereocenters. The minimum absolute atomic E-state index is 0.00107. The number of nitrogens with zero attached hydrogens (tertiary/aromatic N) is 1. The van der Waals surface area contributed by atoms with Crippen LogP contribution in [0.4, 0.5) is 0 Å². The summed E-state index contributed by atoms with van der Waals surface area (Å²) in [6, 6.07) is -0.825. The second-order valence-corrected chi connectivity index (χ2v) is 19.2. The Morgan fingerprint density at radius 2 is 0.953 bits per heavy atom. The quantitative estimate of drug-likeness (QED) is 0.0273. The van der Waals surface area contributed by atoms with E-state index >= 15 is 0 Å². The molecule has 0 fully saturated rings. The number of aliphatic hydroxyl groups is 1. The standard InChI is InChI=1S/C55H95N2O6P/c1-6-8-10-12-14-16-18-19-20-21-22-23-24-25-26-27-28-29-30-31-32-33-34-35-36-37-39-41-43-45-47-49-55(59)56-53(52-63-64(60,61)62-51-50-57(3,4)5)54(58)48-46-44-42-40-38-17-15-13-11-9-7-2/h8,10,14,16,19-20,22-23,25-26,28-29,31-32,34-35,37,39,53-54,58H,6-7,9,11-13,15,17-18,21,24,27,30,33,36,38,40-52H2,1-5H3,(H-,56,59,60,61)/b10-8-,16-14-,20-19-,23-22-,26-25-,29-28-,32-31-,35-34-,39-37-. The number of carbonyl (C=O) groups excluding carboxylic acids is 1. The lowest BCUT2D eigenvalue weighted by Crippen LogP contribution is -2.46. The van der Waals surface area contributed by atoms with Gasteiger partial charge in [0.25, 0.3) is 7.82 Å². The summed E-state index contributed by atoms with van der Waals surface area (Å²) in [5, 5.41) is 13.9. The van der Waals surface area contributed by atoms with Crippen molar-refractivity contribution in [3.05, 3.63) is 109 Å². The third-order valence-electron chi connectivity index (χ3n) is 10.5. The first-order chi connectivity index (χ1) is 31.0. The number of likely N-dealkylation sites (N-methyl/N-ethyl adjacent to an activating group) is 1. The van der Waals surface area contributed by atoms with E-state index in [9.17, 15) is 19.4 Å². The van der Waals surface area contributed by atoms with Gasteiger partial charge in [-0.3, -0.25) is 9.36 Å². The lowest BCUT2D eigenvalue weighted by Gasteiger charge is -2.30. The SMILES string of the molecule is CC/C=C\C/C=C\C/C=C\C/C=C\C/C=C\C/C=C\C/C=C\C/C=C\C/C=C\CCCCCC(=O)NC(COP(=O)([O-])OCC[N+](C)(C)C)C(O)CCCCCCCCCCCCC. The highest BCUT2D eigenvalue weighted by atomic mass is 31.2. The number of phosphoric ester groups is 1. The fourth-order valence-electron chi connectivity index (χ4n) is 6.56. The predicted octanol–water partition coefficient (Wildman–Crippen LogP) is 14.2. The molecular formula is C55H95N2O6P. The Kier molecular flexibility index (Phi) is 43.3. The van der Waals surface area contributed by atoms with Gasteiger partial charge in [-0.1, -0.05) is 200 Å². The van der Waals surface area contributed by atoms with Crippen LogP contribution in [0.2, 0.25) is 0 Å². The van der Waals surface area contributed by atoms with Gasteiger partial charge in [-0.25, -0.2) is 0 Å². The van der Waals surface area contributed by atoms with Gasteiger partial charge >= 0.3 is 0 Å². The smallest absolute Gasteiger partial charge is 0.268 e. The summed E-state index contributed by atoms with van der Waals surface area (Å²) < 4.78 is 23.3. The average molecular weight is 911 g/mol. The van der Waals surface area contributed by atoms with Crippen molar-refractivity contribution in [1.82, 2.24) is 5.32 Å². The van der Waals surface area contributed by atoms with Crippen LogP contribution >= 0.6 is 7.82 Å². The summed E-state index contributed by atoms with van der Waals surface area (Å²) in [6.45, 7) is 4.54. The van der Waals surface area contributed by atoms with Gasteiger partial charge < -0.3 is 28.8 Å². The van der Waals surface area contributed by atoms with Crippen LogP contribution < -0.4 is 10.2 Å². The van der Waals surface area contributed by atoms with Crippen LogP contribution in [-0.4, -0.2) is 68.5 Å². The molecule has 0 aromatic rings. The fourth-order valence-corrected chi connectivity index (χ4v) is 7.28. The van der Waals surface area contributed by atoms with Crippen LogP contribution in [0, 0.1) is 0 Å². The number of nitrogens with one attached hydrogen (secondary N) is 1. The van der Waals surface area contributed by atoms with Gasteiger partial charge in [-0.05, 0) is 83.5 Å². The molecule has 0 aromatic heterocycles. The molecule has 3 unspecified atom stereocenters. The Hall–Kier alpha value is -2.84. The van der Waals surface area contributed by atoms with Crippen molar-refractivity contribution in [3.63, 3.8) is 0 Å². The number of phosphoric acid groups is 1. The molecule has 0 aliphatic rings. The number of quaternary nitrogens is 1. The molecule has 0 rings (SSSR count). The van der Waals surface area contributed by atoms with Gasteiger partial charge in [0.15, 0.2) is 0 Å². The van der Waals surface area contributed by atoms with E-state index < -0.39 is 20.0 Å². The average Bonchev–Trinajstić information content (AvgIpc) is 3.25. The van der Waals surface area contributed by atoms with Crippen molar-refractivity contribution >= 4 is 13.7 Å². The Morgan fingerprint density at radius 3 is 1.38 bits per heavy atom. The van der Waals surface area contributed by atoms with Crippen molar-refractivity contribution in [2.75, 3.05) is 40.9 Å². The van der Waals surface area contributed by atoms with Crippen molar-refractivity contribution in [2.24, 2.45) is 0 Å². The molecule has 0 spiro atoms. The maximum Gasteiger partial charge on any atom is 0.268 e. The third kappa shape index (κ3) is 47.1. The fraction of sp³-hybridized carbons (Fsp3) is 0.655. The first-order valence-electron chi connectivity index (χ1n) is 25.2. The Morgan fingerprint density at radius 1 is 0.562 bits per heavy atom. The van der Waals surface area contributed by atoms with Crippen LogP contribution in [0.1, 0.15) is 181 Å². The molecule has 0 heterocycles. The second-order valence-electron chi connectivity index (χ2n) is 17.8. The maximum atomic E-state index is 12.9. The zero-order valence-corrected chi connectivity index (χ0v) is 42.3. The Labute approximate surface area is 393 Å². The molecule has 0 bridgehead atoms. The summed E-state index contributed by atoms with van der Waals surface area (Å²) in [7, 11) is 1.26. The lowest BCUT2D eigenvalue weighted by molar-refractivity contribution is -0.870. The van der Waals surface area contributed by atoms with E-state index in [1.165, 1.54) is 51.4 Å². The van der Waals surface area contributed by atoms with Gasteiger partial charge in [-0.2, -0.15) is 0 Å². The molecule has 0 saturated carbocycles. The largest absolute Gasteiger partial charge is 0.756 e. The molecule has 0 radical (unpaired) electrons. The van der Waals surface area contributed by atoms with Crippen LogP contribution in [0.25, 0.3) is 0 Å². The predicted molar refractivity (Wildman–Crippen MR) is 274 cm³/mol. The summed E-state index contributed by atoms with van der Waals surface area (Å²) in [5.74, 6) is -0.203. The molecule has 0 saturated heterocycles. The summed E-state index contributed by atoms with van der Waals surface area (Å²) >= 11 is 0. The Balaban J connectivity index is 4.28. The van der Waals surface area contributed by atoms with E-state index in [0.29, 0.717) is 23.9 Å². The minimum atomic E-state index is -4.58. The zero-order valence-electron chi connectivity index (χ0n) is 41.4. The maximum absolute atomic E-state index is 12.9. The number of unbranched alkanes of at least 4 members (excludes halogenated alkanes) is 13. The normalized spacial score (nSPS) is 15.0. The van der Waals surface area contributed by atoms with Crippen molar-refractivity contribution in [1.29, 1.82) is 0 Å². The monoisotopic (exact) mass is 911 g/mol. The van der Waals surface area contributed by atoms with E-state index in [-0.39, 0.29) is 19.1 Å². The van der Waals surface area contributed by atoms with Gasteiger partial charge in [0, 0.05) is 6.42 Å². The first kappa shape index (κ1) is 61.2. The number of amides is 1. The van der Waals surface area contributed by atoms with Gasteiger partial charge in [0.1, 0.15) is 13.2 Å². The first-order valence-corrected chi connectivity index (χ1v) is 26.7. The van der Waals surface area contributed by atoms with E-state index in [0.717, 1.165) is 103 Å². The summed E-state index contributed by atoms with van der Waals surface area (Å²) in [6.07, 6.45) is 65.4. The number of rotatable bonds is 44. The van der Waals surface area contributed by atoms with Gasteiger partial charge in [0.05, 0.1) is 39.9 Å². The highest BCUT2D eigenvalue weighted by Crippen LogP contribution is 2.38. The molecule has 9 heteroatoms. The zero-order chi connectivity index (χ0) is 47.1. The van der Waals surface area contributed by atoms with Gasteiger partial charge in [-0.15, -0.1) is 0 Å². The van der Waals surface area contributed by atoms with E-state index in [1.807, 2.05) is 21.1 Å². The Bertz CT molecular complexity index is 1400. The number of allylic oxidation sites excluding steroid dienone is 18. The van der Waals surface area contributed by atoms with Crippen LogP contribution in [-0.2, 0) is 18.4 Å². The van der Waals surface area contributed by atoms with Gasteiger partial charge in [0.2, 0.25) is 5.91 Å². The molecule has 366 valence electrons. The van der Waals surface area contributed by atoms with Crippen molar-refractivity contribution in [2.45, 2.75) is 193 Å². The number of hydrogen-bond acceptors (Lipinski definition) is 6. The topological polar surface area (TPSA) is 108 Å².